The van der Waals surface area contributed by atoms with Crippen LogP contribution < -0.4 is 0 Å². The van der Waals surface area contributed by atoms with Crippen LogP contribution in [0.5, 0.6) is 0 Å². The van der Waals surface area contributed by atoms with Crippen LogP contribution in [0, 0.1) is 12.3 Å². The Morgan fingerprint density at radius 2 is 2.09 bits per heavy atom. The molecule has 2 rings (SSSR count). The predicted molar refractivity (Wildman–Crippen MR) is 42.7 cm³/mol. The summed E-state index contributed by atoms with van der Waals surface area (Å²) in [4.78, 5) is 0. The number of benzene rings is 1. The third-order valence-corrected chi connectivity index (χ3v) is 2.06. The minimum Gasteiger partial charge on any atom is -0.189 e. The van der Waals surface area contributed by atoms with Gasteiger partial charge in [0.2, 0.25) is 0 Å². The third kappa shape index (κ3) is 1.67. The summed E-state index contributed by atoms with van der Waals surface area (Å²) in [5.41, 5.74) is 2.95. The molecule has 1 heteroatoms. The largest absolute Gasteiger partial charge is 0.189 e. The summed E-state index contributed by atoms with van der Waals surface area (Å²) in [6.45, 7) is 2.26. The molecule has 0 nitrogen and oxygen atoms in total. The molecule has 0 N–H and O–H groups in total. The van der Waals surface area contributed by atoms with Crippen LogP contribution >= 0.6 is 0 Å². The molecule has 1 aliphatic carbocycles. The smallest absolute Gasteiger partial charge is 0 e. The zero-order valence-corrected chi connectivity index (χ0v) is 9.26. The minimum absolute atomic E-state index is 0. The van der Waals surface area contributed by atoms with Crippen LogP contribution in [0.25, 0.3) is 0 Å². The molecule has 0 aromatic heterocycles. The van der Waals surface area contributed by atoms with Gasteiger partial charge in [-0.1, -0.05) is 25.3 Å². The van der Waals surface area contributed by atoms with Gasteiger partial charge in [0, 0.05) is 20.4 Å². The van der Waals surface area contributed by atoms with Crippen LogP contribution in [0.2, 0.25) is 0 Å². The molecule has 1 aromatic rings. The predicted octanol–water partition coefficient (Wildman–Crippen LogP) is 2.43. The van der Waals surface area contributed by atoms with E-state index in [2.05, 4.69) is 37.6 Å². The van der Waals surface area contributed by atoms with Crippen LogP contribution in [-0.2, 0) is 26.8 Å². The first-order chi connectivity index (χ1) is 4.86. The van der Waals surface area contributed by atoms with Gasteiger partial charge in [-0.2, -0.15) is 18.1 Å². The minimum atomic E-state index is 0. The van der Waals surface area contributed by atoms with E-state index in [1.807, 2.05) is 0 Å². The SMILES string of the molecule is CC1[CH-]c2ccccc2C1.[Re]. The summed E-state index contributed by atoms with van der Waals surface area (Å²) in [7, 11) is 0. The molecule has 0 heterocycles. The fourth-order valence-corrected chi connectivity index (χ4v) is 1.60. The summed E-state index contributed by atoms with van der Waals surface area (Å²) in [5, 5.41) is 0. The molecule has 1 radical (unpaired) electrons. The van der Waals surface area contributed by atoms with Gasteiger partial charge < -0.3 is 0 Å². The van der Waals surface area contributed by atoms with Gasteiger partial charge in [-0.15, -0.1) is 17.7 Å². The van der Waals surface area contributed by atoms with E-state index in [1.54, 1.807) is 0 Å². The standard InChI is InChI=1S/C10H11.Re/c1-8-6-9-4-2-3-5-10(9)7-8;/h2-6,8H,7H2,1H3;/q-1;. The monoisotopic (exact) mass is 318 g/mol. The van der Waals surface area contributed by atoms with E-state index in [9.17, 15) is 0 Å². The molecule has 1 atom stereocenters. The van der Waals surface area contributed by atoms with Crippen molar-refractivity contribution in [2.24, 2.45) is 5.92 Å². The van der Waals surface area contributed by atoms with Gasteiger partial charge in [-0.3, -0.25) is 0 Å². The van der Waals surface area contributed by atoms with Crippen molar-refractivity contribution in [3.05, 3.63) is 41.8 Å². The van der Waals surface area contributed by atoms with Crippen LogP contribution in [0.1, 0.15) is 18.1 Å². The molecule has 59 valence electrons. The van der Waals surface area contributed by atoms with Gasteiger partial charge in [0.25, 0.3) is 0 Å². The van der Waals surface area contributed by atoms with E-state index in [0.717, 1.165) is 5.92 Å². The van der Waals surface area contributed by atoms with Gasteiger partial charge >= 0.3 is 0 Å². The summed E-state index contributed by atoms with van der Waals surface area (Å²) >= 11 is 0. The van der Waals surface area contributed by atoms with Crippen molar-refractivity contribution in [1.82, 2.24) is 0 Å². The molecule has 0 amide bonds. The van der Waals surface area contributed by atoms with E-state index in [1.165, 1.54) is 17.5 Å². The molecular formula is C10H11Re-. The van der Waals surface area contributed by atoms with Gasteiger partial charge in [0.05, 0.1) is 0 Å². The van der Waals surface area contributed by atoms with Crippen molar-refractivity contribution in [1.29, 1.82) is 0 Å². The van der Waals surface area contributed by atoms with Crippen molar-refractivity contribution >= 4 is 0 Å². The van der Waals surface area contributed by atoms with Gasteiger partial charge in [0.1, 0.15) is 0 Å². The normalized spacial score (nSPS) is 19.9. The van der Waals surface area contributed by atoms with Gasteiger partial charge in [-0.05, 0) is 0 Å². The second-order valence-corrected chi connectivity index (χ2v) is 3.05. The zero-order valence-electron chi connectivity index (χ0n) is 6.55. The molecule has 0 saturated heterocycles. The number of rotatable bonds is 0. The van der Waals surface area contributed by atoms with E-state index in [4.69, 9.17) is 0 Å². The van der Waals surface area contributed by atoms with Crippen LogP contribution in [0.4, 0.5) is 0 Å². The van der Waals surface area contributed by atoms with Crippen LogP contribution in [0.15, 0.2) is 24.3 Å². The average Bonchev–Trinajstić information content (AvgIpc) is 2.27. The molecule has 0 bridgehead atoms. The number of fused-ring (bicyclic) bond motifs is 1. The molecule has 0 saturated carbocycles. The van der Waals surface area contributed by atoms with Crippen molar-refractivity contribution in [2.45, 2.75) is 13.3 Å². The Hall–Kier alpha value is -0.248. The maximum absolute atomic E-state index is 2.34. The Bertz CT molecular complexity index is 217. The van der Waals surface area contributed by atoms with Gasteiger partial charge in [0.15, 0.2) is 0 Å². The summed E-state index contributed by atoms with van der Waals surface area (Å²) < 4.78 is 0. The zero-order chi connectivity index (χ0) is 6.97. The number of hydrogen-bond donors (Lipinski definition) is 0. The first-order valence-electron chi connectivity index (χ1n) is 3.79. The van der Waals surface area contributed by atoms with Crippen molar-refractivity contribution in [3.63, 3.8) is 0 Å². The van der Waals surface area contributed by atoms with Crippen LogP contribution in [0.3, 0.4) is 0 Å². The van der Waals surface area contributed by atoms with E-state index in [0.29, 0.717) is 0 Å². The molecule has 1 unspecified atom stereocenters. The van der Waals surface area contributed by atoms with E-state index < -0.39 is 0 Å². The van der Waals surface area contributed by atoms with E-state index >= 15 is 0 Å². The Labute approximate surface area is 81.7 Å². The molecule has 11 heavy (non-hydrogen) atoms. The Morgan fingerprint density at radius 3 is 2.82 bits per heavy atom. The first kappa shape index (κ1) is 8.85. The fraction of sp³-hybridized carbons (Fsp3) is 0.300. The summed E-state index contributed by atoms with van der Waals surface area (Å²) in [6, 6.07) is 8.63. The van der Waals surface area contributed by atoms with Crippen molar-refractivity contribution in [2.75, 3.05) is 0 Å². The Balaban J connectivity index is 0.000000605. The average molecular weight is 317 g/mol. The van der Waals surface area contributed by atoms with Gasteiger partial charge in [-0.25, -0.2) is 0 Å². The summed E-state index contributed by atoms with van der Waals surface area (Å²) in [5.74, 6) is 0.748. The molecule has 0 aliphatic heterocycles. The molecule has 0 spiro atoms. The van der Waals surface area contributed by atoms with E-state index in [-0.39, 0.29) is 20.4 Å². The Morgan fingerprint density at radius 1 is 1.36 bits per heavy atom. The maximum atomic E-state index is 2.34. The Kier molecular flexibility index (Phi) is 2.76. The number of hydrogen-bond acceptors (Lipinski definition) is 0. The third-order valence-electron chi connectivity index (χ3n) is 2.06. The topological polar surface area (TPSA) is 0 Å². The molecule has 1 aliphatic rings. The second kappa shape index (κ2) is 3.43. The quantitative estimate of drug-likeness (QED) is 0.645. The fourth-order valence-electron chi connectivity index (χ4n) is 1.60. The second-order valence-electron chi connectivity index (χ2n) is 3.05. The molecule has 0 fully saturated rings. The molecular weight excluding hydrogens is 306 g/mol. The van der Waals surface area contributed by atoms with Crippen LogP contribution in [-0.4, -0.2) is 0 Å². The van der Waals surface area contributed by atoms with Crippen molar-refractivity contribution in [3.8, 4) is 0 Å². The molecule has 1 aromatic carbocycles. The maximum Gasteiger partial charge on any atom is 0 e. The first-order valence-corrected chi connectivity index (χ1v) is 3.79. The summed E-state index contributed by atoms with van der Waals surface area (Å²) in [6.07, 6.45) is 3.57. The van der Waals surface area contributed by atoms with Crippen molar-refractivity contribution < 1.29 is 20.4 Å².